The summed E-state index contributed by atoms with van der Waals surface area (Å²) in [5.41, 5.74) is 2.83. The molecule has 0 aliphatic heterocycles. The van der Waals surface area contributed by atoms with Gasteiger partial charge in [0.25, 0.3) is 0 Å². The standard InChI is InChI=1S/C20H19Cl2N3O/c1-13(10-23-12-14-6-7-16(21)17(22)8-14)11-24-20-9-19(26)15-4-2-3-5-18(15)25-20/h2-9,23H,1,10-12H2,(H2,24,25,26). The Balaban J connectivity index is 1.51. The normalized spacial score (nSPS) is 10.8. The van der Waals surface area contributed by atoms with E-state index in [2.05, 4.69) is 22.2 Å². The zero-order valence-electron chi connectivity index (χ0n) is 14.1. The molecule has 2 aromatic carbocycles. The molecule has 0 atom stereocenters. The van der Waals surface area contributed by atoms with E-state index in [4.69, 9.17) is 23.2 Å². The lowest BCUT2D eigenvalue weighted by Crippen LogP contribution is -2.20. The van der Waals surface area contributed by atoms with Crippen molar-refractivity contribution in [1.29, 1.82) is 0 Å². The maximum atomic E-state index is 12.1. The molecule has 3 aromatic rings. The fraction of sp³-hybridized carbons (Fsp3) is 0.150. The highest BCUT2D eigenvalue weighted by atomic mass is 35.5. The smallest absolute Gasteiger partial charge is 0.191 e. The Kier molecular flexibility index (Phi) is 5.99. The molecular weight excluding hydrogens is 369 g/mol. The van der Waals surface area contributed by atoms with Crippen molar-refractivity contribution in [2.75, 3.05) is 18.4 Å². The van der Waals surface area contributed by atoms with Crippen molar-refractivity contribution < 1.29 is 0 Å². The van der Waals surface area contributed by atoms with Crippen molar-refractivity contribution in [2.24, 2.45) is 0 Å². The van der Waals surface area contributed by atoms with Gasteiger partial charge >= 0.3 is 0 Å². The quantitative estimate of drug-likeness (QED) is 0.519. The van der Waals surface area contributed by atoms with Crippen molar-refractivity contribution in [3.8, 4) is 0 Å². The molecule has 0 amide bonds. The minimum absolute atomic E-state index is 0.00907. The van der Waals surface area contributed by atoms with Crippen LogP contribution >= 0.6 is 23.2 Å². The van der Waals surface area contributed by atoms with Crippen molar-refractivity contribution in [2.45, 2.75) is 6.54 Å². The maximum absolute atomic E-state index is 12.1. The first-order valence-electron chi connectivity index (χ1n) is 8.20. The van der Waals surface area contributed by atoms with Gasteiger partial charge in [0.15, 0.2) is 5.43 Å². The van der Waals surface area contributed by atoms with Crippen LogP contribution in [0.25, 0.3) is 10.9 Å². The molecule has 0 unspecified atom stereocenters. The van der Waals surface area contributed by atoms with Crippen molar-refractivity contribution in [3.63, 3.8) is 0 Å². The fourth-order valence-corrected chi connectivity index (χ4v) is 2.93. The SMILES string of the molecule is C=C(CNCc1ccc(Cl)c(Cl)c1)CNc1cc(=O)c2ccccc2[nH]1. The van der Waals surface area contributed by atoms with E-state index >= 15 is 0 Å². The average Bonchev–Trinajstić information content (AvgIpc) is 2.63. The summed E-state index contributed by atoms with van der Waals surface area (Å²) in [6.07, 6.45) is 0. The third kappa shape index (κ3) is 4.67. The predicted molar refractivity (Wildman–Crippen MR) is 110 cm³/mol. The molecule has 0 aliphatic carbocycles. The molecule has 0 radical (unpaired) electrons. The number of fused-ring (bicyclic) bond motifs is 1. The second kappa shape index (κ2) is 8.41. The molecule has 6 heteroatoms. The molecule has 3 N–H and O–H groups in total. The van der Waals surface area contributed by atoms with Crippen LogP contribution < -0.4 is 16.1 Å². The number of benzene rings is 2. The third-order valence-corrected chi connectivity index (χ3v) is 4.69. The van der Waals surface area contributed by atoms with E-state index in [0.717, 1.165) is 16.7 Å². The first kappa shape index (κ1) is 18.5. The number of aromatic nitrogens is 1. The lowest BCUT2D eigenvalue weighted by Gasteiger charge is -2.11. The van der Waals surface area contributed by atoms with E-state index < -0.39 is 0 Å². The Morgan fingerprint density at radius 2 is 1.85 bits per heavy atom. The number of rotatable bonds is 7. The molecule has 1 heterocycles. The van der Waals surface area contributed by atoms with Crippen LogP contribution in [0.4, 0.5) is 5.82 Å². The van der Waals surface area contributed by atoms with Crippen LogP contribution in [0.5, 0.6) is 0 Å². The molecule has 4 nitrogen and oxygen atoms in total. The molecule has 26 heavy (non-hydrogen) atoms. The van der Waals surface area contributed by atoms with E-state index in [-0.39, 0.29) is 5.43 Å². The van der Waals surface area contributed by atoms with Crippen LogP contribution in [-0.2, 0) is 6.54 Å². The number of nitrogens with one attached hydrogen (secondary N) is 3. The van der Waals surface area contributed by atoms with E-state index in [1.165, 1.54) is 0 Å². The lowest BCUT2D eigenvalue weighted by molar-refractivity contribution is 0.736. The Hall–Kier alpha value is -2.27. The summed E-state index contributed by atoms with van der Waals surface area (Å²) in [6, 6.07) is 14.6. The van der Waals surface area contributed by atoms with Gasteiger partial charge in [-0.15, -0.1) is 0 Å². The fourth-order valence-electron chi connectivity index (χ4n) is 2.61. The number of aromatic amines is 1. The summed E-state index contributed by atoms with van der Waals surface area (Å²) in [5, 5.41) is 8.30. The molecule has 0 saturated heterocycles. The second-order valence-electron chi connectivity index (χ2n) is 6.05. The second-order valence-corrected chi connectivity index (χ2v) is 6.86. The number of anilines is 1. The molecule has 134 valence electrons. The van der Waals surface area contributed by atoms with Gasteiger partial charge in [0.1, 0.15) is 5.82 Å². The minimum Gasteiger partial charge on any atom is -0.368 e. The summed E-state index contributed by atoms with van der Waals surface area (Å²) >= 11 is 11.9. The van der Waals surface area contributed by atoms with Gasteiger partial charge in [0, 0.05) is 31.1 Å². The molecule has 0 spiro atoms. The van der Waals surface area contributed by atoms with Gasteiger partial charge in [-0.3, -0.25) is 4.79 Å². The van der Waals surface area contributed by atoms with Gasteiger partial charge in [-0.2, -0.15) is 0 Å². The van der Waals surface area contributed by atoms with E-state index in [0.29, 0.717) is 40.9 Å². The topological polar surface area (TPSA) is 56.9 Å². The van der Waals surface area contributed by atoms with Gasteiger partial charge in [0.2, 0.25) is 0 Å². The first-order chi connectivity index (χ1) is 12.5. The van der Waals surface area contributed by atoms with E-state index in [1.54, 1.807) is 12.1 Å². The van der Waals surface area contributed by atoms with Crippen LogP contribution in [0, 0.1) is 0 Å². The zero-order chi connectivity index (χ0) is 18.5. The van der Waals surface area contributed by atoms with Crippen LogP contribution in [0.1, 0.15) is 5.56 Å². The maximum Gasteiger partial charge on any atom is 0.191 e. The van der Waals surface area contributed by atoms with Gasteiger partial charge in [-0.05, 0) is 35.4 Å². The summed E-state index contributed by atoms with van der Waals surface area (Å²) in [7, 11) is 0. The van der Waals surface area contributed by atoms with Crippen molar-refractivity contribution in [1.82, 2.24) is 10.3 Å². The monoisotopic (exact) mass is 387 g/mol. The minimum atomic E-state index is -0.00907. The largest absolute Gasteiger partial charge is 0.368 e. The molecule has 0 saturated carbocycles. The number of pyridine rings is 1. The van der Waals surface area contributed by atoms with Crippen LogP contribution in [0.3, 0.4) is 0 Å². The van der Waals surface area contributed by atoms with Crippen molar-refractivity contribution in [3.05, 3.63) is 86.5 Å². The van der Waals surface area contributed by atoms with Crippen LogP contribution in [0.2, 0.25) is 10.0 Å². The Bertz CT molecular complexity index is 998. The van der Waals surface area contributed by atoms with Gasteiger partial charge in [-0.25, -0.2) is 0 Å². The summed E-state index contributed by atoms with van der Waals surface area (Å²) in [5.74, 6) is 0.680. The lowest BCUT2D eigenvalue weighted by atomic mass is 10.2. The zero-order valence-corrected chi connectivity index (χ0v) is 15.6. The summed E-state index contributed by atoms with van der Waals surface area (Å²) in [4.78, 5) is 15.3. The first-order valence-corrected chi connectivity index (χ1v) is 8.96. The van der Waals surface area contributed by atoms with Crippen molar-refractivity contribution >= 4 is 39.9 Å². The number of para-hydroxylation sites is 1. The highest BCUT2D eigenvalue weighted by Gasteiger charge is 2.03. The average molecular weight is 388 g/mol. The van der Waals surface area contributed by atoms with Gasteiger partial charge in [0.05, 0.1) is 15.6 Å². The number of hydrogen-bond acceptors (Lipinski definition) is 3. The molecular formula is C20H19Cl2N3O. The van der Waals surface area contributed by atoms with Crippen LogP contribution in [0.15, 0.2) is 65.5 Å². The van der Waals surface area contributed by atoms with Gasteiger partial charge in [-0.1, -0.05) is 48.0 Å². The highest BCUT2D eigenvalue weighted by molar-refractivity contribution is 6.42. The molecule has 0 aliphatic rings. The Morgan fingerprint density at radius 1 is 1.04 bits per heavy atom. The highest BCUT2D eigenvalue weighted by Crippen LogP contribution is 2.22. The summed E-state index contributed by atoms with van der Waals surface area (Å²) in [6.45, 7) is 5.92. The van der Waals surface area contributed by atoms with Gasteiger partial charge < -0.3 is 15.6 Å². The predicted octanol–water partition coefficient (Wildman–Crippen LogP) is 4.59. The van der Waals surface area contributed by atoms with E-state index in [1.807, 2.05) is 36.4 Å². The van der Waals surface area contributed by atoms with E-state index in [9.17, 15) is 4.79 Å². The molecule has 3 rings (SSSR count). The summed E-state index contributed by atoms with van der Waals surface area (Å²) < 4.78 is 0. The van der Waals surface area contributed by atoms with Crippen LogP contribution in [-0.4, -0.2) is 18.1 Å². The molecule has 1 aromatic heterocycles. The molecule has 0 fully saturated rings. The number of halogens is 2. The molecule has 0 bridgehead atoms. The number of H-pyrrole nitrogens is 1. The number of hydrogen-bond donors (Lipinski definition) is 3. The Labute approximate surface area is 161 Å². The third-order valence-electron chi connectivity index (χ3n) is 3.95. The Morgan fingerprint density at radius 3 is 2.65 bits per heavy atom.